The molecule has 16 heavy (non-hydrogen) atoms. The van der Waals surface area contributed by atoms with Crippen molar-refractivity contribution in [3.05, 3.63) is 30.1 Å². The van der Waals surface area contributed by atoms with Crippen LogP contribution in [0.25, 0.3) is 0 Å². The Bertz CT molecular complexity index is 296. The summed E-state index contributed by atoms with van der Waals surface area (Å²) in [5.41, 5.74) is 1.28. The maximum absolute atomic E-state index is 5.69. The smallest absolute Gasteiger partial charge is 0.0699 e. The summed E-state index contributed by atoms with van der Waals surface area (Å²) in [5.74, 6) is 0. The van der Waals surface area contributed by atoms with Gasteiger partial charge in [-0.3, -0.25) is 4.98 Å². The Labute approximate surface area is 97.2 Å². The number of hydrogen-bond acceptors (Lipinski definition) is 3. The van der Waals surface area contributed by atoms with Gasteiger partial charge in [0.1, 0.15) is 0 Å². The molecule has 1 aromatic heterocycles. The molecule has 0 spiro atoms. The van der Waals surface area contributed by atoms with Gasteiger partial charge < -0.3 is 10.1 Å². The number of rotatable bonds is 4. The van der Waals surface area contributed by atoms with E-state index in [4.69, 9.17) is 4.74 Å². The first kappa shape index (κ1) is 11.6. The lowest BCUT2D eigenvalue weighted by Crippen LogP contribution is -2.33. The molecule has 2 heterocycles. The van der Waals surface area contributed by atoms with Crippen molar-refractivity contribution in [2.45, 2.75) is 38.3 Å². The third-order valence-corrected chi connectivity index (χ3v) is 3.13. The molecule has 1 aliphatic heterocycles. The topological polar surface area (TPSA) is 34.1 Å². The zero-order chi connectivity index (χ0) is 11.2. The van der Waals surface area contributed by atoms with Crippen molar-refractivity contribution in [3.63, 3.8) is 0 Å². The van der Waals surface area contributed by atoms with Crippen LogP contribution in [-0.2, 0) is 4.74 Å². The monoisotopic (exact) mass is 220 g/mol. The van der Waals surface area contributed by atoms with Crippen LogP contribution in [0.3, 0.4) is 0 Å². The first-order valence-corrected chi connectivity index (χ1v) is 6.11. The first-order chi connectivity index (χ1) is 7.86. The summed E-state index contributed by atoms with van der Waals surface area (Å²) >= 11 is 0. The molecule has 2 atom stereocenters. The van der Waals surface area contributed by atoms with Gasteiger partial charge in [0.15, 0.2) is 0 Å². The van der Waals surface area contributed by atoms with Gasteiger partial charge in [0.2, 0.25) is 0 Å². The molecule has 3 heteroatoms. The molecule has 1 N–H and O–H groups in total. The van der Waals surface area contributed by atoms with E-state index in [-0.39, 0.29) is 0 Å². The van der Waals surface area contributed by atoms with E-state index >= 15 is 0 Å². The summed E-state index contributed by atoms with van der Waals surface area (Å²) in [4.78, 5) is 4.03. The van der Waals surface area contributed by atoms with Crippen molar-refractivity contribution in [1.82, 2.24) is 10.3 Å². The van der Waals surface area contributed by atoms with Gasteiger partial charge >= 0.3 is 0 Å². The summed E-state index contributed by atoms with van der Waals surface area (Å²) in [7, 11) is 0. The number of pyridine rings is 1. The van der Waals surface area contributed by atoms with E-state index in [9.17, 15) is 0 Å². The second-order valence-electron chi connectivity index (χ2n) is 4.40. The molecule has 0 saturated carbocycles. The number of ether oxygens (including phenoxy) is 1. The second-order valence-corrected chi connectivity index (χ2v) is 4.40. The lowest BCUT2D eigenvalue weighted by Gasteiger charge is -2.24. The quantitative estimate of drug-likeness (QED) is 0.845. The van der Waals surface area contributed by atoms with Crippen LogP contribution < -0.4 is 5.32 Å². The fourth-order valence-corrected chi connectivity index (χ4v) is 2.05. The molecule has 2 rings (SSSR count). The lowest BCUT2D eigenvalue weighted by atomic mass is 10.1. The van der Waals surface area contributed by atoms with Crippen molar-refractivity contribution in [2.75, 3.05) is 13.2 Å². The molecular formula is C13H20N2O. The third kappa shape index (κ3) is 3.29. The van der Waals surface area contributed by atoms with Gasteiger partial charge in [-0.2, -0.15) is 0 Å². The minimum Gasteiger partial charge on any atom is -0.377 e. The SMILES string of the molecule is C[C@@H](NCC1CCCCO1)c1ccncc1. The molecule has 0 bridgehead atoms. The van der Waals surface area contributed by atoms with E-state index in [0.717, 1.165) is 13.2 Å². The summed E-state index contributed by atoms with van der Waals surface area (Å²) < 4.78 is 5.69. The summed E-state index contributed by atoms with van der Waals surface area (Å²) in [6, 6.07) is 4.48. The molecule has 1 aromatic rings. The fourth-order valence-electron chi connectivity index (χ4n) is 2.05. The van der Waals surface area contributed by atoms with Crippen LogP contribution in [-0.4, -0.2) is 24.2 Å². The largest absolute Gasteiger partial charge is 0.377 e. The highest BCUT2D eigenvalue weighted by Gasteiger charge is 2.14. The maximum Gasteiger partial charge on any atom is 0.0699 e. The van der Waals surface area contributed by atoms with Gasteiger partial charge in [-0.05, 0) is 43.9 Å². The molecule has 0 aliphatic carbocycles. The molecule has 3 nitrogen and oxygen atoms in total. The van der Waals surface area contributed by atoms with E-state index in [0.29, 0.717) is 12.1 Å². The van der Waals surface area contributed by atoms with Crippen LogP contribution in [0.1, 0.15) is 37.8 Å². The molecule has 0 aromatic carbocycles. The average molecular weight is 220 g/mol. The van der Waals surface area contributed by atoms with Crippen molar-refractivity contribution in [1.29, 1.82) is 0 Å². The molecule has 1 unspecified atom stereocenters. The normalized spacial score (nSPS) is 22.9. The number of aromatic nitrogens is 1. The van der Waals surface area contributed by atoms with Gasteiger partial charge in [0, 0.05) is 31.6 Å². The van der Waals surface area contributed by atoms with Crippen LogP contribution in [0.5, 0.6) is 0 Å². The highest BCUT2D eigenvalue weighted by atomic mass is 16.5. The average Bonchev–Trinajstić information content (AvgIpc) is 2.38. The second kappa shape index (κ2) is 5.97. The molecule has 1 aliphatic rings. The Morgan fingerprint density at radius 1 is 1.44 bits per heavy atom. The van der Waals surface area contributed by atoms with E-state index in [1.165, 1.54) is 24.8 Å². The van der Waals surface area contributed by atoms with Crippen molar-refractivity contribution < 1.29 is 4.74 Å². The van der Waals surface area contributed by atoms with Crippen LogP contribution in [0.15, 0.2) is 24.5 Å². The Kier molecular flexibility index (Phi) is 4.31. The van der Waals surface area contributed by atoms with Crippen LogP contribution >= 0.6 is 0 Å². The molecule has 1 fully saturated rings. The highest BCUT2D eigenvalue weighted by Crippen LogP contribution is 2.14. The van der Waals surface area contributed by atoms with Crippen molar-refractivity contribution >= 4 is 0 Å². The Hall–Kier alpha value is -0.930. The predicted octanol–water partition coefficient (Wildman–Crippen LogP) is 2.30. The maximum atomic E-state index is 5.69. The minimum absolute atomic E-state index is 0.369. The number of hydrogen-bond donors (Lipinski definition) is 1. The van der Waals surface area contributed by atoms with Crippen molar-refractivity contribution in [3.8, 4) is 0 Å². The van der Waals surface area contributed by atoms with Crippen molar-refractivity contribution in [2.24, 2.45) is 0 Å². The first-order valence-electron chi connectivity index (χ1n) is 6.11. The van der Waals surface area contributed by atoms with E-state index in [1.54, 1.807) is 0 Å². The third-order valence-electron chi connectivity index (χ3n) is 3.13. The van der Waals surface area contributed by atoms with Gasteiger partial charge in [0.05, 0.1) is 6.10 Å². The predicted molar refractivity (Wildman–Crippen MR) is 64.2 cm³/mol. The highest BCUT2D eigenvalue weighted by molar-refractivity contribution is 5.13. The van der Waals surface area contributed by atoms with E-state index in [1.807, 2.05) is 12.4 Å². The summed E-state index contributed by atoms with van der Waals surface area (Å²) in [5, 5.41) is 3.52. The van der Waals surface area contributed by atoms with E-state index in [2.05, 4.69) is 29.4 Å². The van der Waals surface area contributed by atoms with Crippen LogP contribution in [0.4, 0.5) is 0 Å². The summed E-state index contributed by atoms with van der Waals surface area (Å²) in [6.07, 6.45) is 7.79. The number of nitrogens with zero attached hydrogens (tertiary/aromatic N) is 1. The minimum atomic E-state index is 0.369. The Balaban J connectivity index is 1.77. The van der Waals surface area contributed by atoms with Gasteiger partial charge in [0.25, 0.3) is 0 Å². The van der Waals surface area contributed by atoms with Gasteiger partial charge in [-0.25, -0.2) is 0 Å². The van der Waals surface area contributed by atoms with Gasteiger partial charge in [-0.15, -0.1) is 0 Å². The van der Waals surface area contributed by atoms with E-state index < -0.39 is 0 Å². The molecule has 88 valence electrons. The van der Waals surface area contributed by atoms with Crippen LogP contribution in [0, 0.1) is 0 Å². The zero-order valence-electron chi connectivity index (χ0n) is 9.86. The fraction of sp³-hybridized carbons (Fsp3) is 0.615. The summed E-state index contributed by atoms with van der Waals surface area (Å²) in [6.45, 7) is 4.05. The number of nitrogens with one attached hydrogen (secondary N) is 1. The molecular weight excluding hydrogens is 200 g/mol. The zero-order valence-corrected chi connectivity index (χ0v) is 9.86. The lowest BCUT2D eigenvalue weighted by molar-refractivity contribution is 0.0156. The standard InChI is InChI=1S/C13H20N2O/c1-11(12-5-7-14-8-6-12)15-10-13-4-2-3-9-16-13/h5-8,11,13,15H,2-4,9-10H2,1H3/t11-,13?/m1/s1. The Morgan fingerprint density at radius 3 is 2.94 bits per heavy atom. The van der Waals surface area contributed by atoms with Crippen LogP contribution in [0.2, 0.25) is 0 Å². The Morgan fingerprint density at radius 2 is 2.25 bits per heavy atom. The molecule has 0 radical (unpaired) electrons. The molecule has 0 amide bonds. The van der Waals surface area contributed by atoms with Gasteiger partial charge in [-0.1, -0.05) is 0 Å². The molecule has 1 saturated heterocycles.